The minimum atomic E-state index is -0.285. The van der Waals surface area contributed by atoms with Gasteiger partial charge in [0.05, 0.1) is 0 Å². The lowest BCUT2D eigenvalue weighted by Gasteiger charge is -2.14. The first-order valence-corrected chi connectivity index (χ1v) is 7.28. The fourth-order valence-corrected chi connectivity index (χ4v) is 2.31. The monoisotopic (exact) mass is 309 g/mol. The molecule has 116 valence electrons. The van der Waals surface area contributed by atoms with E-state index in [4.69, 9.17) is 4.42 Å². The summed E-state index contributed by atoms with van der Waals surface area (Å²) in [6.45, 7) is 0.420. The highest BCUT2D eigenvalue weighted by molar-refractivity contribution is 5.92. The van der Waals surface area contributed by atoms with Crippen LogP contribution in [0.4, 0.5) is 4.39 Å². The van der Waals surface area contributed by atoms with Crippen LogP contribution in [0.25, 0.3) is 17.0 Å². The standard InChI is InChI=1S/C19H16FNO2/c1-21(13-14-6-8-16(20)9-7-14)19(22)11-10-17-12-15-4-2-3-5-18(15)23-17/h2-12H,13H2,1H3/b11-10+. The highest BCUT2D eigenvalue weighted by Crippen LogP contribution is 2.19. The Bertz CT molecular complexity index is 816. The molecule has 1 amide bonds. The number of hydrogen-bond acceptors (Lipinski definition) is 2. The minimum Gasteiger partial charge on any atom is -0.457 e. The Morgan fingerprint density at radius 2 is 1.91 bits per heavy atom. The van der Waals surface area contributed by atoms with Gasteiger partial charge < -0.3 is 9.32 Å². The number of benzene rings is 2. The number of rotatable bonds is 4. The van der Waals surface area contributed by atoms with E-state index in [1.165, 1.54) is 18.2 Å². The SMILES string of the molecule is CN(Cc1ccc(F)cc1)C(=O)/C=C/c1cc2ccccc2o1. The number of likely N-dealkylation sites (N-methyl/N-ethyl adjacent to an activating group) is 1. The van der Waals surface area contributed by atoms with Crippen molar-refractivity contribution < 1.29 is 13.6 Å². The zero-order valence-electron chi connectivity index (χ0n) is 12.7. The number of carbonyl (C=O) groups is 1. The lowest BCUT2D eigenvalue weighted by atomic mass is 10.2. The van der Waals surface area contributed by atoms with Crippen LogP contribution in [0.1, 0.15) is 11.3 Å². The number of halogens is 1. The predicted octanol–water partition coefficient (Wildman–Crippen LogP) is 4.24. The van der Waals surface area contributed by atoms with E-state index >= 15 is 0 Å². The number of carbonyl (C=O) groups excluding carboxylic acids is 1. The summed E-state index contributed by atoms with van der Waals surface area (Å²) in [6.07, 6.45) is 3.13. The molecular formula is C19H16FNO2. The summed E-state index contributed by atoms with van der Waals surface area (Å²) in [5.74, 6) is 0.206. The molecule has 0 spiro atoms. The summed E-state index contributed by atoms with van der Waals surface area (Å²) in [6, 6.07) is 15.7. The van der Waals surface area contributed by atoms with E-state index in [0.29, 0.717) is 12.3 Å². The molecule has 0 N–H and O–H groups in total. The molecule has 23 heavy (non-hydrogen) atoms. The molecule has 1 heterocycles. The van der Waals surface area contributed by atoms with E-state index in [1.807, 2.05) is 30.3 Å². The number of nitrogens with zero attached hydrogens (tertiary/aromatic N) is 1. The average Bonchev–Trinajstić information content (AvgIpc) is 2.97. The van der Waals surface area contributed by atoms with Crippen molar-refractivity contribution in [3.05, 3.63) is 77.8 Å². The highest BCUT2D eigenvalue weighted by atomic mass is 19.1. The van der Waals surface area contributed by atoms with Crippen molar-refractivity contribution in [1.29, 1.82) is 0 Å². The zero-order valence-corrected chi connectivity index (χ0v) is 12.7. The summed E-state index contributed by atoms with van der Waals surface area (Å²) >= 11 is 0. The summed E-state index contributed by atoms with van der Waals surface area (Å²) in [5, 5.41) is 0.999. The third kappa shape index (κ3) is 3.66. The van der Waals surface area contributed by atoms with Crippen molar-refractivity contribution in [2.45, 2.75) is 6.54 Å². The zero-order chi connectivity index (χ0) is 16.2. The normalized spacial score (nSPS) is 11.2. The van der Waals surface area contributed by atoms with Crippen LogP contribution in [-0.2, 0) is 11.3 Å². The fourth-order valence-electron chi connectivity index (χ4n) is 2.31. The van der Waals surface area contributed by atoms with Crippen LogP contribution < -0.4 is 0 Å². The van der Waals surface area contributed by atoms with Crippen molar-refractivity contribution in [3.8, 4) is 0 Å². The Balaban J connectivity index is 1.66. The van der Waals surface area contributed by atoms with E-state index in [0.717, 1.165) is 16.5 Å². The van der Waals surface area contributed by atoms with Gasteiger partial charge in [0.15, 0.2) is 0 Å². The van der Waals surface area contributed by atoms with Gasteiger partial charge in [-0.2, -0.15) is 0 Å². The first-order valence-electron chi connectivity index (χ1n) is 7.28. The van der Waals surface area contributed by atoms with Gasteiger partial charge in [0, 0.05) is 25.1 Å². The van der Waals surface area contributed by atoms with Crippen LogP contribution in [0.15, 0.2) is 65.1 Å². The van der Waals surface area contributed by atoms with E-state index in [2.05, 4.69) is 0 Å². The molecule has 0 atom stereocenters. The Hall–Kier alpha value is -2.88. The van der Waals surface area contributed by atoms with Gasteiger partial charge >= 0.3 is 0 Å². The second kappa shape index (κ2) is 6.48. The van der Waals surface area contributed by atoms with Crippen LogP contribution >= 0.6 is 0 Å². The average molecular weight is 309 g/mol. The molecule has 0 aliphatic heterocycles. The molecule has 0 aliphatic rings. The molecule has 0 fully saturated rings. The maximum atomic E-state index is 12.9. The number of fused-ring (bicyclic) bond motifs is 1. The Labute approximate surface area is 133 Å². The summed E-state index contributed by atoms with van der Waals surface area (Å²) in [5.41, 5.74) is 1.67. The third-order valence-electron chi connectivity index (χ3n) is 3.54. The number of hydrogen-bond donors (Lipinski definition) is 0. The second-order valence-corrected chi connectivity index (χ2v) is 5.34. The topological polar surface area (TPSA) is 33.5 Å². The van der Waals surface area contributed by atoms with E-state index in [1.54, 1.807) is 30.2 Å². The Morgan fingerprint density at radius 1 is 1.17 bits per heavy atom. The van der Waals surface area contributed by atoms with Crippen molar-refractivity contribution in [2.75, 3.05) is 7.05 Å². The second-order valence-electron chi connectivity index (χ2n) is 5.34. The van der Waals surface area contributed by atoms with Gasteiger partial charge in [-0.15, -0.1) is 0 Å². The van der Waals surface area contributed by atoms with Gasteiger partial charge in [-0.1, -0.05) is 30.3 Å². The van der Waals surface area contributed by atoms with E-state index in [-0.39, 0.29) is 11.7 Å². The van der Waals surface area contributed by atoms with Gasteiger partial charge in [-0.25, -0.2) is 4.39 Å². The van der Waals surface area contributed by atoms with Crippen molar-refractivity contribution in [3.63, 3.8) is 0 Å². The molecule has 0 unspecified atom stereocenters. The first kappa shape index (κ1) is 15.0. The smallest absolute Gasteiger partial charge is 0.246 e. The molecule has 3 aromatic rings. The fraction of sp³-hybridized carbons (Fsp3) is 0.105. The lowest BCUT2D eigenvalue weighted by molar-refractivity contribution is -0.125. The quantitative estimate of drug-likeness (QED) is 0.675. The van der Waals surface area contributed by atoms with Crippen molar-refractivity contribution >= 4 is 23.0 Å². The molecular weight excluding hydrogens is 293 g/mol. The van der Waals surface area contributed by atoms with Crippen LogP contribution in [0.2, 0.25) is 0 Å². The number of para-hydroxylation sites is 1. The van der Waals surface area contributed by atoms with E-state index < -0.39 is 0 Å². The molecule has 3 rings (SSSR count). The molecule has 4 heteroatoms. The van der Waals surface area contributed by atoms with Gasteiger partial charge in [0.1, 0.15) is 17.2 Å². The first-order chi connectivity index (χ1) is 11.1. The number of furan rings is 1. The largest absolute Gasteiger partial charge is 0.457 e. The maximum absolute atomic E-state index is 12.9. The van der Waals surface area contributed by atoms with Crippen molar-refractivity contribution in [1.82, 2.24) is 4.90 Å². The Kier molecular flexibility index (Phi) is 4.24. The molecule has 0 saturated heterocycles. The molecule has 0 saturated carbocycles. The maximum Gasteiger partial charge on any atom is 0.246 e. The molecule has 2 aromatic carbocycles. The predicted molar refractivity (Wildman–Crippen MR) is 88.1 cm³/mol. The molecule has 0 radical (unpaired) electrons. The summed E-state index contributed by atoms with van der Waals surface area (Å²) < 4.78 is 18.5. The Morgan fingerprint density at radius 3 is 2.65 bits per heavy atom. The van der Waals surface area contributed by atoms with E-state index in [9.17, 15) is 9.18 Å². The lowest BCUT2D eigenvalue weighted by Crippen LogP contribution is -2.24. The molecule has 3 nitrogen and oxygen atoms in total. The third-order valence-corrected chi connectivity index (χ3v) is 3.54. The number of amides is 1. The van der Waals surface area contributed by atoms with Gasteiger partial charge in [0.2, 0.25) is 5.91 Å². The van der Waals surface area contributed by atoms with Crippen LogP contribution in [0, 0.1) is 5.82 Å². The van der Waals surface area contributed by atoms with Crippen LogP contribution in [0.3, 0.4) is 0 Å². The van der Waals surface area contributed by atoms with Gasteiger partial charge in [-0.3, -0.25) is 4.79 Å². The summed E-state index contributed by atoms with van der Waals surface area (Å²) in [4.78, 5) is 13.7. The van der Waals surface area contributed by atoms with Gasteiger partial charge in [-0.05, 0) is 35.9 Å². The summed E-state index contributed by atoms with van der Waals surface area (Å²) in [7, 11) is 1.70. The molecule has 1 aromatic heterocycles. The van der Waals surface area contributed by atoms with Crippen molar-refractivity contribution in [2.24, 2.45) is 0 Å². The van der Waals surface area contributed by atoms with Crippen LogP contribution in [-0.4, -0.2) is 17.9 Å². The molecule has 0 aliphatic carbocycles. The van der Waals surface area contributed by atoms with Crippen LogP contribution in [0.5, 0.6) is 0 Å². The molecule has 0 bridgehead atoms. The highest BCUT2D eigenvalue weighted by Gasteiger charge is 2.07. The van der Waals surface area contributed by atoms with Gasteiger partial charge in [0.25, 0.3) is 0 Å². The minimum absolute atomic E-state index is 0.144.